The number of nitrogens with zero attached hydrogens (tertiary/aromatic N) is 4. The topological polar surface area (TPSA) is 79.3 Å². The molecule has 1 N–H and O–H groups in total. The number of rotatable bonds is 6. The van der Waals surface area contributed by atoms with Gasteiger partial charge in [0, 0.05) is 58.0 Å². The molecule has 0 bridgehead atoms. The first-order valence-corrected chi connectivity index (χ1v) is 10.6. The van der Waals surface area contributed by atoms with Crippen LogP contribution in [0.2, 0.25) is 0 Å². The Balaban J connectivity index is 0.00000320. The Morgan fingerprint density at radius 3 is 2.57 bits per heavy atom. The van der Waals surface area contributed by atoms with Gasteiger partial charge in [0.05, 0.1) is 19.8 Å². The Morgan fingerprint density at radius 2 is 1.97 bits per heavy atom. The first-order chi connectivity index (χ1) is 14.2. The number of aromatic nitrogens is 1. The molecule has 0 spiro atoms. The van der Waals surface area contributed by atoms with E-state index >= 15 is 0 Å². The Bertz CT molecular complexity index is 672. The molecule has 2 aliphatic rings. The van der Waals surface area contributed by atoms with E-state index in [1.807, 2.05) is 23.2 Å². The maximum atomic E-state index is 12.7. The molecule has 2 fully saturated rings. The van der Waals surface area contributed by atoms with Crippen LogP contribution in [0.4, 0.5) is 0 Å². The number of aliphatic imine (C=N–C) groups is 1. The van der Waals surface area contributed by atoms with Gasteiger partial charge in [-0.3, -0.25) is 9.79 Å². The summed E-state index contributed by atoms with van der Waals surface area (Å²) in [6.45, 7) is 7.83. The number of guanidine groups is 1. The summed E-state index contributed by atoms with van der Waals surface area (Å²) >= 11 is 0. The summed E-state index contributed by atoms with van der Waals surface area (Å²) in [5.41, 5.74) is 1.08. The summed E-state index contributed by atoms with van der Waals surface area (Å²) < 4.78 is 10.9. The molecule has 168 valence electrons. The minimum Gasteiger partial charge on any atom is -0.478 e. The summed E-state index contributed by atoms with van der Waals surface area (Å²) in [5, 5.41) is 3.41. The first kappa shape index (κ1) is 24.6. The van der Waals surface area contributed by atoms with Gasteiger partial charge in [-0.1, -0.05) is 13.0 Å². The fraction of sp³-hybridized carbons (Fsp3) is 0.667. The van der Waals surface area contributed by atoms with Crippen molar-refractivity contribution in [1.82, 2.24) is 20.1 Å². The van der Waals surface area contributed by atoms with E-state index in [0.717, 1.165) is 57.0 Å². The highest BCUT2D eigenvalue weighted by atomic mass is 127. The van der Waals surface area contributed by atoms with Crippen molar-refractivity contribution >= 4 is 35.8 Å². The number of amides is 1. The number of likely N-dealkylation sites (tertiary alicyclic amines) is 1. The minimum atomic E-state index is 0. The zero-order valence-electron chi connectivity index (χ0n) is 18.0. The van der Waals surface area contributed by atoms with Crippen molar-refractivity contribution < 1.29 is 14.3 Å². The van der Waals surface area contributed by atoms with Crippen molar-refractivity contribution in [2.45, 2.75) is 32.7 Å². The monoisotopic (exact) mass is 531 g/mol. The quantitative estimate of drug-likeness (QED) is 0.345. The predicted molar refractivity (Wildman–Crippen MR) is 127 cm³/mol. The summed E-state index contributed by atoms with van der Waals surface area (Å²) in [4.78, 5) is 25.6. The van der Waals surface area contributed by atoms with Gasteiger partial charge in [0.25, 0.3) is 0 Å². The second kappa shape index (κ2) is 12.9. The van der Waals surface area contributed by atoms with Gasteiger partial charge in [0.15, 0.2) is 5.96 Å². The highest BCUT2D eigenvalue weighted by molar-refractivity contribution is 14.0. The molecule has 2 saturated heterocycles. The molecule has 0 radical (unpaired) electrons. The molecule has 0 atom stereocenters. The van der Waals surface area contributed by atoms with E-state index in [2.05, 4.69) is 27.1 Å². The van der Waals surface area contributed by atoms with Gasteiger partial charge in [-0.25, -0.2) is 4.98 Å². The fourth-order valence-electron chi connectivity index (χ4n) is 3.70. The number of halogens is 1. The van der Waals surface area contributed by atoms with Gasteiger partial charge in [0.1, 0.15) is 0 Å². The second-order valence-electron chi connectivity index (χ2n) is 7.45. The molecule has 1 amide bonds. The van der Waals surface area contributed by atoms with E-state index in [1.54, 1.807) is 7.05 Å². The van der Waals surface area contributed by atoms with Crippen molar-refractivity contribution in [3.63, 3.8) is 0 Å². The normalized spacial score (nSPS) is 18.0. The number of ether oxygens (including phenoxy) is 2. The molecule has 0 unspecified atom stereocenters. The van der Waals surface area contributed by atoms with E-state index in [0.29, 0.717) is 32.2 Å². The number of piperidine rings is 1. The van der Waals surface area contributed by atoms with Gasteiger partial charge in [-0.05, 0) is 24.8 Å². The van der Waals surface area contributed by atoms with Crippen LogP contribution < -0.4 is 10.1 Å². The maximum Gasteiger partial charge on any atom is 0.225 e. The van der Waals surface area contributed by atoms with E-state index in [4.69, 9.17) is 9.47 Å². The second-order valence-corrected chi connectivity index (χ2v) is 7.45. The molecular weight excluding hydrogens is 497 g/mol. The number of hydrogen-bond acceptors (Lipinski definition) is 5. The minimum absolute atomic E-state index is 0. The lowest BCUT2D eigenvalue weighted by Gasteiger charge is -2.36. The number of carbonyl (C=O) groups excluding carboxylic acids is 1. The Labute approximate surface area is 196 Å². The zero-order valence-corrected chi connectivity index (χ0v) is 20.3. The molecule has 3 rings (SSSR count). The number of morpholine rings is 1. The molecule has 2 aliphatic heterocycles. The lowest BCUT2D eigenvalue weighted by Crippen LogP contribution is -2.49. The highest BCUT2D eigenvalue weighted by Gasteiger charge is 2.30. The average Bonchev–Trinajstić information content (AvgIpc) is 2.79. The third kappa shape index (κ3) is 6.97. The van der Waals surface area contributed by atoms with E-state index in [9.17, 15) is 4.79 Å². The summed E-state index contributed by atoms with van der Waals surface area (Å²) in [7, 11) is 1.80. The molecule has 30 heavy (non-hydrogen) atoms. The van der Waals surface area contributed by atoms with Crippen molar-refractivity contribution in [1.29, 1.82) is 0 Å². The van der Waals surface area contributed by atoms with E-state index in [1.165, 1.54) is 0 Å². The van der Waals surface area contributed by atoms with Gasteiger partial charge in [-0.15, -0.1) is 24.0 Å². The predicted octanol–water partition coefficient (Wildman–Crippen LogP) is 2.13. The smallest absolute Gasteiger partial charge is 0.225 e. The maximum absolute atomic E-state index is 12.7. The van der Waals surface area contributed by atoms with Gasteiger partial charge < -0.3 is 24.6 Å². The van der Waals surface area contributed by atoms with Crippen molar-refractivity contribution in [2.75, 3.05) is 53.0 Å². The lowest BCUT2D eigenvalue weighted by molar-refractivity contribution is -0.140. The largest absolute Gasteiger partial charge is 0.478 e. The van der Waals surface area contributed by atoms with Crippen molar-refractivity contribution in [3.05, 3.63) is 23.9 Å². The summed E-state index contributed by atoms with van der Waals surface area (Å²) in [6.07, 6.45) is 4.53. The molecule has 3 heterocycles. The molecule has 0 aliphatic carbocycles. The zero-order chi connectivity index (χ0) is 20.5. The standard InChI is InChI=1S/C21H33N5O3.HI/c1-3-12-29-19-5-4-17(15-23-19)16-24-21(22-2)26-8-6-18(7-9-26)20(27)25-10-13-28-14-11-25;/h4-5,15,18H,3,6-14,16H2,1-2H3,(H,22,24);1H. The van der Waals surface area contributed by atoms with Crippen LogP contribution in [-0.4, -0.2) is 79.7 Å². The summed E-state index contributed by atoms with van der Waals surface area (Å²) in [6, 6.07) is 3.92. The molecule has 0 aromatic carbocycles. The van der Waals surface area contributed by atoms with Crippen LogP contribution in [0.3, 0.4) is 0 Å². The van der Waals surface area contributed by atoms with Crippen molar-refractivity contribution in [3.8, 4) is 5.88 Å². The average molecular weight is 531 g/mol. The third-order valence-corrected chi connectivity index (χ3v) is 5.38. The van der Waals surface area contributed by atoms with Crippen LogP contribution >= 0.6 is 24.0 Å². The molecule has 0 saturated carbocycles. The van der Waals surface area contributed by atoms with Crippen LogP contribution in [0, 0.1) is 5.92 Å². The Morgan fingerprint density at radius 1 is 1.23 bits per heavy atom. The van der Waals surface area contributed by atoms with Crippen molar-refractivity contribution in [2.24, 2.45) is 10.9 Å². The van der Waals surface area contributed by atoms with Crippen LogP contribution in [0.1, 0.15) is 31.7 Å². The van der Waals surface area contributed by atoms with Crippen LogP contribution in [0.15, 0.2) is 23.3 Å². The molecule has 9 heteroatoms. The van der Waals surface area contributed by atoms with Crippen LogP contribution in [-0.2, 0) is 16.1 Å². The van der Waals surface area contributed by atoms with Crippen LogP contribution in [0.25, 0.3) is 0 Å². The molecular formula is C21H34IN5O3. The SMILES string of the molecule is CCCOc1ccc(CNC(=NC)N2CCC(C(=O)N3CCOCC3)CC2)cn1.I. The number of hydrogen-bond donors (Lipinski definition) is 1. The van der Waals surface area contributed by atoms with E-state index < -0.39 is 0 Å². The third-order valence-electron chi connectivity index (χ3n) is 5.38. The number of pyridine rings is 1. The highest BCUT2D eigenvalue weighted by Crippen LogP contribution is 2.20. The lowest BCUT2D eigenvalue weighted by atomic mass is 9.95. The molecule has 1 aromatic rings. The Kier molecular flexibility index (Phi) is 10.6. The number of carbonyl (C=O) groups is 1. The molecule has 1 aromatic heterocycles. The Hall–Kier alpha value is -1.62. The van der Waals surface area contributed by atoms with Crippen LogP contribution in [0.5, 0.6) is 5.88 Å². The molecule has 8 nitrogen and oxygen atoms in total. The first-order valence-electron chi connectivity index (χ1n) is 10.6. The van der Waals surface area contributed by atoms with E-state index in [-0.39, 0.29) is 35.8 Å². The van der Waals surface area contributed by atoms with Gasteiger partial charge in [0.2, 0.25) is 11.8 Å². The van der Waals surface area contributed by atoms with Gasteiger partial charge >= 0.3 is 0 Å². The fourth-order valence-corrected chi connectivity index (χ4v) is 3.70. The summed E-state index contributed by atoms with van der Waals surface area (Å²) in [5.74, 6) is 1.93. The number of nitrogens with one attached hydrogen (secondary N) is 1. The van der Waals surface area contributed by atoms with Gasteiger partial charge in [-0.2, -0.15) is 0 Å².